The van der Waals surface area contributed by atoms with Crippen molar-refractivity contribution in [3.63, 3.8) is 0 Å². The Labute approximate surface area is 130 Å². The summed E-state index contributed by atoms with van der Waals surface area (Å²) in [7, 11) is -3.44. The average molecular weight is 324 g/mol. The van der Waals surface area contributed by atoms with Crippen LogP contribution in [0.2, 0.25) is 0 Å². The molecule has 22 heavy (non-hydrogen) atoms. The van der Waals surface area contributed by atoms with Crippen molar-refractivity contribution in [1.82, 2.24) is 4.90 Å². The number of hydrogen-bond acceptors (Lipinski definition) is 4. The van der Waals surface area contributed by atoms with Crippen molar-refractivity contribution in [3.05, 3.63) is 24.3 Å². The molecule has 2 aliphatic heterocycles. The first-order chi connectivity index (χ1) is 10.5. The van der Waals surface area contributed by atoms with Crippen molar-refractivity contribution in [2.45, 2.75) is 25.9 Å². The van der Waals surface area contributed by atoms with Crippen LogP contribution in [-0.4, -0.2) is 50.7 Å². The number of nitrogens with zero attached hydrogens (tertiary/aromatic N) is 2. The minimum Gasteiger partial charge on any atom is -0.476 e. The molecule has 0 aliphatic carbocycles. The van der Waals surface area contributed by atoms with E-state index in [2.05, 4.69) is 0 Å². The highest BCUT2D eigenvalue weighted by atomic mass is 32.2. The molecule has 1 atom stereocenters. The van der Waals surface area contributed by atoms with Crippen LogP contribution in [-0.2, 0) is 14.8 Å². The summed E-state index contributed by atoms with van der Waals surface area (Å²) in [4.78, 5) is 14.3. The monoisotopic (exact) mass is 324 g/mol. The quantitative estimate of drug-likeness (QED) is 0.839. The van der Waals surface area contributed by atoms with Crippen LogP contribution in [0.4, 0.5) is 5.69 Å². The molecule has 1 unspecified atom stereocenters. The van der Waals surface area contributed by atoms with Gasteiger partial charge in [0.15, 0.2) is 6.10 Å². The lowest BCUT2D eigenvalue weighted by Crippen LogP contribution is -2.51. The lowest BCUT2D eigenvalue weighted by molar-refractivity contribution is -0.137. The van der Waals surface area contributed by atoms with Gasteiger partial charge in [0.05, 0.1) is 18.0 Å². The van der Waals surface area contributed by atoms with Crippen molar-refractivity contribution in [1.29, 1.82) is 0 Å². The van der Waals surface area contributed by atoms with Crippen LogP contribution in [0.25, 0.3) is 0 Å². The molecular weight excluding hydrogens is 304 g/mol. The zero-order valence-electron chi connectivity index (χ0n) is 12.6. The van der Waals surface area contributed by atoms with Crippen molar-refractivity contribution in [2.75, 3.05) is 29.7 Å². The first-order valence-electron chi connectivity index (χ1n) is 7.58. The largest absolute Gasteiger partial charge is 0.476 e. The Morgan fingerprint density at radius 2 is 1.95 bits per heavy atom. The molecule has 2 aliphatic rings. The third-order valence-electron chi connectivity index (χ3n) is 4.13. The molecular formula is C15H20N2O4S. The number of amides is 1. The summed E-state index contributed by atoms with van der Waals surface area (Å²) >= 11 is 0. The predicted molar refractivity (Wildman–Crippen MR) is 83.5 cm³/mol. The number of ether oxygens (including phenoxy) is 1. The van der Waals surface area contributed by atoms with Gasteiger partial charge in [0.2, 0.25) is 10.0 Å². The Balaban J connectivity index is 1.92. The van der Waals surface area contributed by atoms with E-state index < -0.39 is 16.1 Å². The van der Waals surface area contributed by atoms with Gasteiger partial charge in [-0.1, -0.05) is 12.1 Å². The van der Waals surface area contributed by atoms with E-state index >= 15 is 0 Å². The van der Waals surface area contributed by atoms with E-state index in [4.69, 9.17) is 4.74 Å². The Kier molecular flexibility index (Phi) is 3.99. The SMILES string of the molecule is CCS(=O)(=O)N1CC(C(=O)N2CCCC2)Oc2ccccc21. The van der Waals surface area contributed by atoms with E-state index in [1.165, 1.54) is 4.31 Å². The molecule has 1 amide bonds. The number of hydrogen-bond donors (Lipinski definition) is 0. The number of benzene rings is 1. The molecule has 7 heteroatoms. The average Bonchev–Trinajstić information content (AvgIpc) is 3.07. The van der Waals surface area contributed by atoms with Gasteiger partial charge in [-0.3, -0.25) is 9.10 Å². The van der Waals surface area contributed by atoms with Gasteiger partial charge in [0.1, 0.15) is 5.75 Å². The van der Waals surface area contributed by atoms with Crippen molar-refractivity contribution >= 4 is 21.6 Å². The number of anilines is 1. The van der Waals surface area contributed by atoms with Gasteiger partial charge in [-0.15, -0.1) is 0 Å². The number of sulfonamides is 1. The number of para-hydroxylation sites is 2. The van der Waals surface area contributed by atoms with Gasteiger partial charge in [-0.25, -0.2) is 8.42 Å². The van der Waals surface area contributed by atoms with Crippen molar-refractivity contribution in [2.24, 2.45) is 0 Å². The van der Waals surface area contributed by atoms with Crippen LogP contribution in [0, 0.1) is 0 Å². The molecule has 0 N–H and O–H groups in total. The summed E-state index contributed by atoms with van der Waals surface area (Å²) in [6, 6.07) is 6.96. The summed E-state index contributed by atoms with van der Waals surface area (Å²) in [5, 5.41) is 0. The van der Waals surface area contributed by atoms with Gasteiger partial charge in [-0.2, -0.15) is 0 Å². The van der Waals surface area contributed by atoms with Crippen LogP contribution < -0.4 is 9.04 Å². The van der Waals surface area contributed by atoms with Crippen LogP contribution in [0.15, 0.2) is 24.3 Å². The Morgan fingerprint density at radius 1 is 1.27 bits per heavy atom. The maximum atomic E-state index is 12.6. The lowest BCUT2D eigenvalue weighted by Gasteiger charge is -2.35. The van der Waals surface area contributed by atoms with E-state index in [1.807, 2.05) is 0 Å². The highest BCUT2D eigenvalue weighted by Crippen LogP contribution is 2.35. The summed E-state index contributed by atoms with van der Waals surface area (Å²) in [6.07, 6.45) is 1.22. The Morgan fingerprint density at radius 3 is 2.64 bits per heavy atom. The summed E-state index contributed by atoms with van der Waals surface area (Å²) < 4.78 is 31.8. The molecule has 2 heterocycles. The topological polar surface area (TPSA) is 66.9 Å². The number of likely N-dealkylation sites (tertiary alicyclic amines) is 1. The molecule has 1 fully saturated rings. The van der Waals surface area contributed by atoms with Gasteiger partial charge in [0.25, 0.3) is 5.91 Å². The third kappa shape index (κ3) is 2.65. The second-order valence-corrected chi connectivity index (χ2v) is 7.72. The highest BCUT2D eigenvalue weighted by Gasteiger charge is 2.38. The zero-order chi connectivity index (χ0) is 15.7. The molecule has 0 saturated carbocycles. The predicted octanol–water partition coefficient (Wildman–Crippen LogP) is 1.23. The van der Waals surface area contributed by atoms with Crippen molar-refractivity contribution in [3.8, 4) is 5.75 Å². The normalized spacial score (nSPS) is 21.4. The smallest absolute Gasteiger partial charge is 0.265 e. The number of rotatable bonds is 3. The van der Waals surface area contributed by atoms with E-state index in [1.54, 1.807) is 36.1 Å². The lowest BCUT2D eigenvalue weighted by atomic mass is 10.2. The van der Waals surface area contributed by atoms with E-state index in [9.17, 15) is 13.2 Å². The maximum Gasteiger partial charge on any atom is 0.265 e. The number of carbonyl (C=O) groups is 1. The Hall–Kier alpha value is -1.76. The standard InChI is InChI=1S/C15H20N2O4S/c1-2-22(19,20)17-11-14(15(18)16-9-5-6-10-16)21-13-8-4-3-7-12(13)17/h3-4,7-8,14H,2,5-6,9-11H2,1H3. The van der Waals surface area contributed by atoms with E-state index in [0.29, 0.717) is 11.4 Å². The molecule has 0 bridgehead atoms. The molecule has 1 saturated heterocycles. The zero-order valence-corrected chi connectivity index (χ0v) is 13.4. The molecule has 1 aromatic carbocycles. The first kappa shape index (κ1) is 15.1. The Bertz CT molecular complexity index is 668. The first-order valence-corrected chi connectivity index (χ1v) is 9.18. The molecule has 0 radical (unpaired) electrons. The molecule has 120 valence electrons. The van der Waals surface area contributed by atoms with Crippen LogP contribution >= 0.6 is 0 Å². The summed E-state index contributed by atoms with van der Waals surface area (Å²) in [5.74, 6) is 0.318. The highest BCUT2D eigenvalue weighted by molar-refractivity contribution is 7.92. The number of carbonyl (C=O) groups excluding carboxylic acids is 1. The molecule has 0 spiro atoms. The van der Waals surface area contributed by atoms with Gasteiger partial charge < -0.3 is 9.64 Å². The fourth-order valence-corrected chi connectivity index (χ4v) is 4.02. The second kappa shape index (κ2) is 5.79. The summed E-state index contributed by atoms with van der Waals surface area (Å²) in [6.45, 7) is 3.09. The minimum absolute atomic E-state index is 0.00798. The summed E-state index contributed by atoms with van der Waals surface area (Å²) in [5.41, 5.74) is 0.509. The van der Waals surface area contributed by atoms with Gasteiger partial charge in [-0.05, 0) is 31.9 Å². The molecule has 6 nitrogen and oxygen atoms in total. The molecule has 1 aromatic rings. The third-order valence-corrected chi connectivity index (χ3v) is 5.88. The van der Waals surface area contributed by atoms with Gasteiger partial charge in [0, 0.05) is 13.1 Å². The van der Waals surface area contributed by atoms with Crippen molar-refractivity contribution < 1.29 is 17.9 Å². The number of fused-ring (bicyclic) bond motifs is 1. The van der Waals surface area contributed by atoms with E-state index in [-0.39, 0.29) is 18.2 Å². The van der Waals surface area contributed by atoms with E-state index in [0.717, 1.165) is 25.9 Å². The minimum atomic E-state index is -3.44. The molecule has 0 aromatic heterocycles. The van der Waals surface area contributed by atoms with Gasteiger partial charge >= 0.3 is 0 Å². The maximum absolute atomic E-state index is 12.6. The fourth-order valence-electron chi connectivity index (χ4n) is 2.89. The second-order valence-electron chi connectivity index (χ2n) is 5.54. The fraction of sp³-hybridized carbons (Fsp3) is 0.533. The van der Waals surface area contributed by atoms with Crippen LogP contribution in [0.3, 0.4) is 0 Å². The molecule has 3 rings (SSSR count). The van der Waals surface area contributed by atoms with Crippen LogP contribution in [0.1, 0.15) is 19.8 Å². The van der Waals surface area contributed by atoms with Crippen LogP contribution in [0.5, 0.6) is 5.75 Å².